The van der Waals surface area contributed by atoms with Crippen molar-refractivity contribution in [1.29, 1.82) is 0 Å². The number of primary amides is 1. The molecule has 0 saturated heterocycles. The van der Waals surface area contributed by atoms with E-state index in [1.165, 1.54) is 19.1 Å². The van der Waals surface area contributed by atoms with Crippen LogP contribution in [0.2, 0.25) is 5.02 Å². The topological polar surface area (TPSA) is 178 Å². The summed E-state index contributed by atoms with van der Waals surface area (Å²) in [5.74, 6) is -8.01. The molecular formula is C20H18ClNO8. The lowest BCUT2D eigenvalue weighted by atomic mass is 9.56. The molecule has 3 aliphatic rings. The molecule has 0 aliphatic heterocycles. The molecule has 4 rings (SSSR count). The van der Waals surface area contributed by atoms with Gasteiger partial charge in [-0.25, -0.2) is 0 Å². The largest absolute Gasteiger partial charge is 0.508 e. The number of benzene rings is 1. The van der Waals surface area contributed by atoms with Crippen LogP contribution in [0.3, 0.4) is 0 Å². The Labute approximate surface area is 174 Å². The first-order chi connectivity index (χ1) is 13.8. The summed E-state index contributed by atoms with van der Waals surface area (Å²) in [6, 6.07) is 2.49. The number of nitrogens with two attached hydrogens (primary N) is 1. The van der Waals surface area contributed by atoms with Gasteiger partial charge < -0.3 is 31.3 Å². The van der Waals surface area contributed by atoms with Gasteiger partial charge in [0.1, 0.15) is 22.8 Å². The molecule has 1 unspecified atom stereocenters. The Kier molecular flexibility index (Phi) is 4.12. The van der Waals surface area contributed by atoms with Crippen molar-refractivity contribution in [2.45, 2.75) is 31.0 Å². The van der Waals surface area contributed by atoms with E-state index in [9.17, 15) is 39.9 Å². The van der Waals surface area contributed by atoms with Crippen LogP contribution in [-0.2, 0) is 20.0 Å². The molecule has 158 valence electrons. The fourth-order valence-electron chi connectivity index (χ4n) is 4.95. The zero-order valence-electron chi connectivity index (χ0n) is 15.6. The second kappa shape index (κ2) is 6.07. The first-order valence-corrected chi connectivity index (χ1v) is 9.44. The van der Waals surface area contributed by atoms with Gasteiger partial charge in [0.15, 0.2) is 11.4 Å². The van der Waals surface area contributed by atoms with Crippen LogP contribution in [0.5, 0.6) is 5.75 Å². The molecule has 1 aromatic rings. The van der Waals surface area contributed by atoms with Crippen LogP contribution in [-0.4, -0.2) is 48.6 Å². The minimum Gasteiger partial charge on any atom is -0.508 e. The molecule has 1 amide bonds. The van der Waals surface area contributed by atoms with Crippen LogP contribution in [0.4, 0.5) is 0 Å². The van der Waals surface area contributed by atoms with Crippen molar-refractivity contribution in [3.63, 3.8) is 0 Å². The molecule has 1 saturated carbocycles. The van der Waals surface area contributed by atoms with Gasteiger partial charge >= 0.3 is 0 Å². The summed E-state index contributed by atoms with van der Waals surface area (Å²) in [7, 11) is 0. The normalized spacial score (nSPS) is 33.2. The second-order valence-corrected chi connectivity index (χ2v) is 8.43. The zero-order valence-corrected chi connectivity index (χ0v) is 16.4. The summed E-state index contributed by atoms with van der Waals surface area (Å²) in [4.78, 5) is 37.3. The smallest absolute Gasteiger partial charge is 0.255 e. The molecule has 30 heavy (non-hydrogen) atoms. The molecule has 10 heteroatoms. The van der Waals surface area contributed by atoms with Crippen LogP contribution in [0.15, 0.2) is 29.0 Å². The third-order valence-electron chi connectivity index (χ3n) is 6.41. The lowest BCUT2D eigenvalue weighted by Gasteiger charge is -2.50. The van der Waals surface area contributed by atoms with Gasteiger partial charge in [0.25, 0.3) is 5.91 Å². The number of rotatable bonds is 1. The number of hydrogen-bond donors (Lipinski definition) is 6. The average Bonchev–Trinajstić information content (AvgIpc) is 2.64. The second-order valence-electron chi connectivity index (χ2n) is 8.02. The van der Waals surface area contributed by atoms with E-state index in [0.717, 1.165) is 0 Å². The molecule has 0 bridgehead atoms. The highest BCUT2D eigenvalue weighted by molar-refractivity contribution is 6.32. The van der Waals surface area contributed by atoms with E-state index >= 15 is 0 Å². The van der Waals surface area contributed by atoms with Crippen molar-refractivity contribution in [3.05, 3.63) is 45.2 Å². The van der Waals surface area contributed by atoms with Crippen molar-refractivity contribution in [2.75, 3.05) is 0 Å². The number of ketones is 2. The fourth-order valence-corrected chi connectivity index (χ4v) is 5.30. The highest BCUT2D eigenvalue weighted by atomic mass is 35.5. The monoisotopic (exact) mass is 435 g/mol. The molecule has 0 heterocycles. The zero-order chi connectivity index (χ0) is 22.3. The van der Waals surface area contributed by atoms with Crippen molar-refractivity contribution >= 4 is 34.8 Å². The first kappa shape index (κ1) is 20.4. The standard InChI is InChI=1S/C20H18ClNO8/c1-19(29)7-4-6-5-10(24)13(18(22)28)17(27)20(6,30)16(26)11(7)15(25)12-9(23)3-2-8(21)14(12)19/h2-3,6-7,23,25,27,29-30H,4-5H2,1H3,(H2,22,28)/t6-,7?,19-,20-/m0/s1. The van der Waals surface area contributed by atoms with Gasteiger partial charge in [-0.3, -0.25) is 14.4 Å². The van der Waals surface area contributed by atoms with E-state index in [2.05, 4.69) is 0 Å². The Hall–Kier alpha value is -2.88. The third kappa shape index (κ3) is 2.28. The summed E-state index contributed by atoms with van der Waals surface area (Å²) >= 11 is 6.20. The SMILES string of the molecule is C[C@@]1(O)c2c(Cl)ccc(O)c2C(O)=C2C(=O)[C@]3(O)C(O)=C(C(N)=O)C(=O)C[C@@H]3CC21. The Bertz CT molecular complexity index is 1120. The quantitative estimate of drug-likeness (QED) is 0.349. The number of aromatic hydroxyl groups is 1. The number of aliphatic hydroxyl groups excluding tert-OH is 2. The predicted molar refractivity (Wildman–Crippen MR) is 102 cm³/mol. The fraction of sp³-hybridized carbons (Fsp3) is 0.350. The summed E-state index contributed by atoms with van der Waals surface area (Å²) in [5, 5.41) is 54.0. The minimum absolute atomic E-state index is 0.00613. The molecule has 0 spiro atoms. The highest BCUT2D eigenvalue weighted by Crippen LogP contribution is 2.57. The molecule has 0 radical (unpaired) electrons. The first-order valence-electron chi connectivity index (χ1n) is 9.06. The van der Waals surface area contributed by atoms with Gasteiger partial charge in [-0.2, -0.15) is 0 Å². The lowest BCUT2D eigenvalue weighted by molar-refractivity contribution is -0.152. The molecule has 4 atom stereocenters. The molecule has 1 fully saturated rings. The van der Waals surface area contributed by atoms with Crippen LogP contribution in [0.25, 0.3) is 5.76 Å². The Balaban J connectivity index is 2.03. The highest BCUT2D eigenvalue weighted by Gasteiger charge is 2.63. The lowest BCUT2D eigenvalue weighted by Crippen LogP contribution is -2.60. The van der Waals surface area contributed by atoms with Crippen molar-refractivity contribution in [1.82, 2.24) is 0 Å². The summed E-state index contributed by atoms with van der Waals surface area (Å²) in [6.45, 7) is 1.33. The van der Waals surface area contributed by atoms with E-state index in [-0.39, 0.29) is 22.6 Å². The van der Waals surface area contributed by atoms with Crippen LogP contribution >= 0.6 is 11.6 Å². The van der Waals surface area contributed by atoms with Crippen LogP contribution < -0.4 is 5.73 Å². The van der Waals surface area contributed by atoms with E-state index in [4.69, 9.17) is 17.3 Å². The molecule has 0 aromatic heterocycles. The Morgan fingerprint density at radius 2 is 1.83 bits per heavy atom. The number of carbonyl (C=O) groups is 3. The minimum atomic E-state index is -2.69. The summed E-state index contributed by atoms with van der Waals surface area (Å²) in [5.41, 5.74) is -1.05. The number of hydrogen-bond acceptors (Lipinski definition) is 8. The van der Waals surface area contributed by atoms with Gasteiger partial charge in [-0.05, 0) is 25.5 Å². The Morgan fingerprint density at radius 3 is 2.43 bits per heavy atom. The molecular weight excluding hydrogens is 418 g/mol. The van der Waals surface area contributed by atoms with E-state index in [1.54, 1.807) is 0 Å². The number of amides is 1. The van der Waals surface area contributed by atoms with E-state index < -0.39 is 75.3 Å². The number of halogens is 1. The van der Waals surface area contributed by atoms with Crippen molar-refractivity contribution in [3.8, 4) is 5.75 Å². The third-order valence-corrected chi connectivity index (χ3v) is 6.73. The Morgan fingerprint density at radius 1 is 1.20 bits per heavy atom. The van der Waals surface area contributed by atoms with Gasteiger partial charge in [0, 0.05) is 34.4 Å². The number of fused-ring (bicyclic) bond motifs is 3. The predicted octanol–water partition coefficient (Wildman–Crippen LogP) is 0.742. The summed E-state index contributed by atoms with van der Waals surface area (Å²) in [6.07, 6.45) is -0.687. The molecule has 7 N–H and O–H groups in total. The summed E-state index contributed by atoms with van der Waals surface area (Å²) < 4.78 is 0. The maximum absolute atomic E-state index is 13.4. The van der Waals surface area contributed by atoms with Gasteiger partial charge in [-0.1, -0.05) is 11.6 Å². The number of aliphatic hydroxyl groups is 4. The molecule has 9 nitrogen and oxygen atoms in total. The van der Waals surface area contributed by atoms with Crippen LogP contribution in [0, 0.1) is 11.8 Å². The average molecular weight is 436 g/mol. The van der Waals surface area contributed by atoms with Gasteiger partial charge in [0.2, 0.25) is 5.78 Å². The number of Topliss-reactive ketones (excluding diaryl/α,β-unsaturated/α-hetero) is 2. The maximum Gasteiger partial charge on any atom is 0.255 e. The molecule has 1 aromatic carbocycles. The van der Waals surface area contributed by atoms with Gasteiger partial charge in [0.05, 0.1) is 11.2 Å². The number of phenols is 1. The van der Waals surface area contributed by atoms with E-state index in [0.29, 0.717) is 0 Å². The van der Waals surface area contributed by atoms with Gasteiger partial charge in [-0.15, -0.1) is 0 Å². The van der Waals surface area contributed by atoms with Crippen LogP contribution in [0.1, 0.15) is 30.9 Å². The van der Waals surface area contributed by atoms with Crippen molar-refractivity contribution in [2.24, 2.45) is 17.6 Å². The van der Waals surface area contributed by atoms with E-state index in [1.807, 2.05) is 0 Å². The number of carbonyl (C=O) groups excluding carboxylic acids is 3. The maximum atomic E-state index is 13.4. The number of phenolic OH excluding ortho intramolecular Hbond substituents is 1. The van der Waals surface area contributed by atoms with Crippen molar-refractivity contribution < 1.29 is 39.9 Å². The molecule has 3 aliphatic carbocycles.